The Morgan fingerprint density at radius 3 is 2.33 bits per heavy atom. The second kappa shape index (κ2) is 7.32. The molecule has 2 rings (SSSR count). The summed E-state index contributed by atoms with van der Waals surface area (Å²) in [4.78, 5) is 23.4. The van der Waals surface area contributed by atoms with Gasteiger partial charge in [-0.1, -0.05) is 24.3 Å². The summed E-state index contributed by atoms with van der Waals surface area (Å²) in [5.41, 5.74) is 6.97. The fraction of sp³-hybridized carbons (Fsp3) is 0.111. The van der Waals surface area contributed by atoms with Crippen molar-refractivity contribution in [1.29, 1.82) is 0 Å². The van der Waals surface area contributed by atoms with Crippen LogP contribution in [-0.4, -0.2) is 31.1 Å². The van der Waals surface area contributed by atoms with Gasteiger partial charge in [-0.2, -0.15) is 0 Å². The molecule has 0 aliphatic carbocycles. The summed E-state index contributed by atoms with van der Waals surface area (Å²) in [6.45, 7) is 0. The summed E-state index contributed by atoms with van der Waals surface area (Å²) in [5.74, 6) is -0.711. The topological polar surface area (TPSA) is 98.9 Å². The molecule has 0 saturated carbocycles. The number of anilines is 1. The molecule has 124 valence electrons. The van der Waals surface area contributed by atoms with Crippen molar-refractivity contribution < 1.29 is 24.2 Å². The molecule has 0 atom stereocenters. The number of rotatable bonds is 6. The molecule has 24 heavy (non-hydrogen) atoms. The molecule has 0 saturated heterocycles. The maximum Gasteiger partial charge on any atom is 0.336 e. The normalized spacial score (nSPS) is 10.6. The van der Waals surface area contributed by atoms with Crippen LogP contribution >= 0.6 is 0 Å². The van der Waals surface area contributed by atoms with E-state index in [4.69, 9.17) is 20.3 Å². The molecule has 0 radical (unpaired) electrons. The Bertz CT molecular complexity index is 811. The van der Waals surface area contributed by atoms with Crippen molar-refractivity contribution in [3.63, 3.8) is 0 Å². The van der Waals surface area contributed by atoms with Crippen molar-refractivity contribution in [3.8, 4) is 11.5 Å². The van der Waals surface area contributed by atoms with Gasteiger partial charge in [-0.05, 0) is 29.8 Å². The van der Waals surface area contributed by atoms with Crippen LogP contribution in [0.15, 0.2) is 42.5 Å². The molecular formula is C18H17NO5. The summed E-state index contributed by atoms with van der Waals surface area (Å²) in [6.07, 6.45) is 2.84. The third kappa shape index (κ3) is 3.55. The number of ether oxygens (including phenoxy) is 2. The SMILES string of the molecule is COc1cc(/C=C/C(=O)c2ccccc2C(=O)O)cc(N)c1OC. The average molecular weight is 327 g/mol. The highest BCUT2D eigenvalue weighted by atomic mass is 16.5. The summed E-state index contributed by atoms with van der Waals surface area (Å²) in [6, 6.07) is 9.34. The number of hydrogen-bond acceptors (Lipinski definition) is 5. The van der Waals surface area contributed by atoms with Crippen LogP contribution in [0.3, 0.4) is 0 Å². The number of methoxy groups -OCH3 is 2. The Morgan fingerprint density at radius 2 is 1.75 bits per heavy atom. The van der Waals surface area contributed by atoms with Gasteiger partial charge in [0.15, 0.2) is 17.3 Å². The monoisotopic (exact) mass is 327 g/mol. The van der Waals surface area contributed by atoms with E-state index in [1.165, 1.54) is 32.4 Å². The molecule has 3 N–H and O–H groups in total. The van der Waals surface area contributed by atoms with E-state index < -0.39 is 11.8 Å². The fourth-order valence-electron chi connectivity index (χ4n) is 2.26. The number of benzene rings is 2. The first-order valence-corrected chi connectivity index (χ1v) is 7.04. The summed E-state index contributed by atoms with van der Waals surface area (Å²) in [5, 5.41) is 9.14. The molecule has 0 fully saturated rings. The number of ketones is 1. The molecule has 6 nitrogen and oxygen atoms in total. The van der Waals surface area contributed by atoms with E-state index in [0.29, 0.717) is 22.7 Å². The standard InChI is InChI=1S/C18H17NO5/c1-23-16-10-11(9-14(19)17(16)24-2)7-8-15(20)12-5-3-4-6-13(12)18(21)22/h3-10H,19H2,1-2H3,(H,21,22)/b8-7+. The predicted molar refractivity (Wildman–Crippen MR) is 90.7 cm³/mol. The first-order chi connectivity index (χ1) is 11.5. The van der Waals surface area contributed by atoms with Crippen molar-refractivity contribution >= 4 is 23.5 Å². The lowest BCUT2D eigenvalue weighted by molar-refractivity contribution is 0.0693. The van der Waals surface area contributed by atoms with E-state index in [9.17, 15) is 9.59 Å². The molecule has 0 spiro atoms. The molecule has 0 aromatic heterocycles. The van der Waals surface area contributed by atoms with Gasteiger partial charge in [0.25, 0.3) is 0 Å². The molecule has 0 unspecified atom stereocenters. The third-order valence-electron chi connectivity index (χ3n) is 3.38. The maximum absolute atomic E-state index is 12.3. The smallest absolute Gasteiger partial charge is 0.336 e. The number of nitrogens with two attached hydrogens (primary N) is 1. The number of allylic oxidation sites excluding steroid dienone is 1. The Labute approximate surface area is 139 Å². The number of carbonyl (C=O) groups is 2. The minimum absolute atomic E-state index is 0.0426. The van der Waals surface area contributed by atoms with Gasteiger partial charge in [-0.25, -0.2) is 4.79 Å². The zero-order chi connectivity index (χ0) is 17.7. The lowest BCUT2D eigenvalue weighted by Gasteiger charge is -2.11. The van der Waals surface area contributed by atoms with Gasteiger partial charge in [-0.15, -0.1) is 0 Å². The number of aromatic carboxylic acids is 1. The van der Waals surface area contributed by atoms with Crippen LogP contribution in [0.1, 0.15) is 26.3 Å². The number of carbonyl (C=O) groups excluding carboxylic acids is 1. The Hall–Kier alpha value is -3.28. The highest BCUT2D eigenvalue weighted by molar-refractivity contribution is 6.12. The minimum Gasteiger partial charge on any atom is -0.493 e. The van der Waals surface area contributed by atoms with Gasteiger partial charge in [0, 0.05) is 5.56 Å². The second-order valence-corrected chi connectivity index (χ2v) is 4.89. The van der Waals surface area contributed by atoms with Gasteiger partial charge in [0.05, 0.1) is 25.5 Å². The van der Waals surface area contributed by atoms with Crippen LogP contribution in [0.4, 0.5) is 5.69 Å². The van der Waals surface area contributed by atoms with Gasteiger partial charge in [0.2, 0.25) is 0 Å². The molecule has 0 amide bonds. The molecule has 2 aromatic rings. The van der Waals surface area contributed by atoms with Gasteiger partial charge in [-0.3, -0.25) is 4.79 Å². The molecule has 6 heteroatoms. The molecule has 0 aliphatic heterocycles. The van der Waals surface area contributed by atoms with E-state index in [1.54, 1.807) is 30.3 Å². The van der Waals surface area contributed by atoms with Crippen molar-refractivity contribution in [2.45, 2.75) is 0 Å². The average Bonchev–Trinajstić information content (AvgIpc) is 2.58. The lowest BCUT2D eigenvalue weighted by Crippen LogP contribution is -2.06. The first-order valence-electron chi connectivity index (χ1n) is 7.04. The molecule has 0 aliphatic rings. The van der Waals surface area contributed by atoms with E-state index in [0.717, 1.165) is 0 Å². The quantitative estimate of drug-likeness (QED) is 0.481. The van der Waals surface area contributed by atoms with E-state index in [-0.39, 0.29) is 11.1 Å². The van der Waals surface area contributed by atoms with Gasteiger partial charge in [0.1, 0.15) is 0 Å². The summed E-state index contributed by atoms with van der Waals surface area (Å²) in [7, 11) is 2.97. The molecule has 2 aromatic carbocycles. The Kier molecular flexibility index (Phi) is 5.21. The van der Waals surface area contributed by atoms with Crippen molar-refractivity contribution in [3.05, 3.63) is 59.2 Å². The zero-order valence-corrected chi connectivity index (χ0v) is 13.3. The highest BCUT2D eigenvalue weighted by Crippen LogP contribution is 2.34. The van der Waals surface area contributed by atoms with E-state index in [1.807, 2.05) is 0 Å². The Morgan fingerprint density at radius 1 is 1.08 bits per heavy atom. The Balaban J connectivity index is 2.33. The predicted octanol–water partition coefficient (Wildman–Crippen LogP) is 2.88. The largest absolute Gasteiger partial charge is 0.493 e. The van der Waals surface area contributed by atoms with E-state index in [2.05, 4.69) is 0 Å². The van der Waals surface area contributed by atoms with Gasteiger partial charge >= 0.3 is 5.97 Å². The van der Waals surface area contributed by atoms with Crippen molar-refractivity contribution in [2.75, 3.05) is 20.0 Å². The van der Waals surface area contributed by atoms with Crippen LogP contribution in [0.25, 0.3) is 6.08 Å². The summed E-state index contributed by atoms with van der Waals surface area (Å²) >= 11 is 0. The van der Waals surface area contributed by atoms with Crippen molar-refractivity contribution in [1.82, 2.24) is 0 Å². The fourth-order valence-corrected chi connectivity index (χ4v) is 2.26. The molecule has 0 heterocycles. The lowest BCUT2D eigenvalue weighted by atomic mass is 10.0. The van der Waals surface area contributed by atoms with Crippen LogP contribution in [-0.2, 0) is 0 Å². The minimum atomic E-state index is -1.15. The second-order valence-electron chi connectivity index (χ2n) is 4.89. The number of carboxylic acid groups (broad SMARTS) is 1. The third-order valence-corrected chi connectivity index (χ3v) is 3.38. The maximum atomic E-state index is 12.3. The molecule has 0 bridgehead atoms. The van der Waals surface area contributed by atoms with E-state index >= 15 is 0 Å². The molecular weight excluding hydrogens is 310 g/mol. The number of nitrogen functional groups attached to an aromatic ring is 1. The van der Waals surface area contributed by atoms with Crippen LogP contribution in [0, 0.1) is 0 Å². The van der Waals surface area contributed by atoms with Crippen molar-refractivity contribution in [2.24, 2.45) is 0 Å². The van der Waals surface area contributed by atoms with Crippen LogP contribution < -0.4 is 15.2 Å². The number of carboxylic acids is 1. The van der Waals surface area contributed by atoms with Gasteiger partial charge < -0.3 is 20.3 Å². The highest BCUT2D eigenvalue weighted by Gasteiger charge is 2.14. The summed E-state index contributed by atoms with van der Waals surface area (Å²) < 4.78 is 10.4. The first kappa shape index (κ1) is 17.1. The number of hydrogen-bond donors (Lipinski definition) is 2. The zero-order valence-electron chi connectivity index (χ0n) is 13.3. The van der Waals surface area contributed by atoms with Crippen LogP contribution in [0.2, 0.25) is 0 Å². The van der Waals surface area contributed by atoms with Crippen LogP contribution in [0.5, 0.6) is 11.5 Å².